The highest BCUT2D eigenvalue weighted by Crippen LogP contribution is 2.07. The van der Waals surface area contributed by atoms with E-state index in [2.05, 4.69) is 10.6 Å². The number of aldehydes is 1. The molecule has 134 valence electrons. The zero-order valence-corrected chi connectivity index (χ0v) is 13.5. The first kappa shape index (κ1) is 18.8. The second-order valence-corrected chi connectivity index (χ2v) is 5.15. The molecule has 2 aromatic carbocycles. The molecule has 2 rings (SSSR count). The lowest BCUT2D eigenvalue weighted by molar-refractivity contribution is -0.126. The minimum absolute atomic E-state index is 0.192. The van der Waals surface area contributed by atoms with E-state index < -0.39 is 30.2 Å². The predicted octanol–water partition coefficient (Wildman–Crippen LogP) is 1.55. The largest absolute Gasteiger partial charge is 0.452 e. The zero-order valence-electron chi connectivity index (χ0n) is 13.5. The molecule has 0 bridgehead atoms. The predicted molar refractivity (Wildman–Crippen MR) is 90.2 cm³/mol. The van der Waals surface area contributed by atoms with Crippen LogP contribution in [0.4, 0.5) is 10.1 Å². The molecule has 0 saturated carbocycles. The van der Waals surface area contributed by atoms with Crippen molar-refractivity contribution in [2.45, 2.75) is 0 Å². The molecule has 2 amide bonds. The van der Waals surface area contributed by atoms with Gasteiger partial charge in [0.2, 0.25) is 5.91 Å². The number of amides is 2. The van der Waals surface area contributed by atoms with Gasteiger partial charge in [0, 0.05) is 11.3 Å². The minimum Gasteiger partial charge on any atom is -0.452 e. The molecule has 0 aromatic heterocycles. The van der Waals surface area contributed by atoms with E-state index in [1.165, 1.54) is 48.5 Å². The molecular weight excluding hydrogens is 343 g/mol. The summed E-state index contributed by atoms with van der Waals surface area (Å²) < 4.78 is 17.6. The highest BCUT2D eigenvalue weighted by molar-refractivity contribution is 5.95. The Morgan fingerprint density at radius 1 is 0.962 bits per heavy atom. The van der Waals surface area contributed by atoms with Gasteiger partial charge in [0.15, 0.2) is 6.61 Å². The Morgan fingerprint density at radius 2 is 1.62 bits per heavy atom. The highest BCUT2D eigenvalue weighted by atomic mass is 19.1. The van der Waals surface area contributed by atoms with Crippen molar-refractivity contribution in [1.82, 2.24) is 5.32 Å². The van der Waals surface area contributed by atoms with Gasteiger partial charge < -0.3 is 15.4 Å². The fourth-order valence-corrected chi connectivity index (χ4v) is 1.88. The fourth-order valence-electron chi connectivity index (χ4n) is 1.88. The first-order valence-corrected chi connectivity index (χ1v) is 7.52. The summed E-state index contributed by atoms with van der Waals surface area (Å²) in [7, 11) is 0. The number of benzene rings is 2. The van der Waals surface area contributed by atoms with Crippen LogP contribution in [0.5, 0.6) is 0 Å². The summed E-state index contributed by atoms with van der Waals surface area (Å²) >= 11 is 0. The molecule has 0 aliphatic rings. The second kappa shape index (κ2) is 9.07. The lowest BCUT2D eigenvalue weighted by Crippen LogP contribution is -2.35. The summed E-state index contributed by atoms with van der Waals surface area (Å²) in [6.45, 7) is -0.889. The number of anilines is 1. The van der Waals surface area contributed by atoms with E-state index in [0.717, 1.165) is 0 Å². The molecule has 0 spiro atoms. The van der Waals surface area contributed by atoms with Crippen LogP contribution in [0.25, 0.3) is 0 Å². The molecule has 8 heteroatoms. The Bertz CT molecular complexity index is 803. The molecule has 7 nitrogen and oxygen atoms in total. The lowest BCUT2D eigenvalue weighted by Gasteiger charge is -2.08. The topological polar surface area (TPSA) is 102 Å². The summed E-state index contributed by atoms with van der Waals surface area (Å²) in [5.41, 5.74) is 0.986. The van der Waals surface area contributed by atoms with Crippen LogP contribution in [-0.4, -0.2) is 37.2 Å². The van der Waals surface area contributed by atoms with Gasteiger partial charge in [-0.15, -0.1) is 0 Å². The van der Waals surface area contributed by atoms with Crippen LogP contribution < -0.4 is 10.6 Å². The molecule has 0 heterocycles. The quantitative estimate of drug-likeness (QED) is 0.578. The van der Waals surface area contributed by atoms with Crippen molar-refractivity contribution in [3.05, 3.63) is 65.5 Å². The van der Waals surface area contributed by atoms with Crippen molar-refractivity contribution >= 4 is 29.8 Å². The van der Waals surface area contributed by atoms with Gasteiger partial charge in [-0.1, -0.05) is 12.1 Å². The molecular formula is C18H15FN2O5. The molecule has 0 unspecified atom stereocenters. The van der Waals surface area contributed by atoms with E-state index in [-0.39, 0.29) is 12.1 Å². The van der Waals surface area contributed by atoms with Crippen molar-refractivity contribution in [1.29, 1.82) is 0 Å². The Kier molecular flexibility index (Phi) is 6.55. The van der Waals surface area contributed by atoms with E-state index in [1.54, 1.807) is 0 Å². The number of hydrogen-bond acceptors (Lipinski definition) is 5. The molecule has 0 atom stereocenters. The molecule has 2 N–H and O–H groups in total. The number of nitrogens with one attached hydrogen (secondary N) is 2. The van der Waals surface area contributed by atoms with Crippen LogP contribution in [0.1, 0.15) is 20.7 Å². The number of halogens is 1. The van der Waals surface area contributed by atoms with Gasteiger partial charge in [0.25, 0.3) is 5.91 Å². The number of esters is 1. The maximum Gasteiger partial charge on any atom is 0.338 e. The van der Waals surface area contributed by atoms with Gasteiger partial charge in [-0.05, 0) is 36.4 Å². The molecule has 2 aromatic rings. The summed E-state index contributed by atoms with van der Waals surface area (Å²) in [4.78, 5) is 45.6. The van der Waals surface area contributed by atoms with Crippen LogP contribution in [0, 0.1) is 5.82 Å². The summed E-state index contributed by atoms with van der Waals surface area (Å²) in [6, 6.07) is 10.8. The number of hydrogen-bond donors (Lipinski definition) is 2. The van der Waals surface area contributed by atoms with E-state index in [9.17, 15) is 23.6 Å². The normalized spacial score (nSPS) is 9.88. The fraction of sp³-hybridized carbons (Fsp3) is 0.111. The summed E-state index contributed by atoms with van der Waals surface area (Å²) in [5, 5.41) is 4.76. The third-order valence-electron chi connectivity index (χ3n) is 3.19. The SMILES string of the molecule is O=Cc1ccc(C(=O)OCC(=O)NCC(=O)Nc2ccc(F)cc2)cc1. The number of carbonyl (C=O) groups is 4. The van der Waals surface area contributed by atoms with Crippen molar-refractivity contribution in [2.24, 2.45) is 0 Å². The first-order valence-electron chi connectivity index (χ1n) is 7.52. The first-order chi connectivity index (χ1) is 12.5. The average molecular weight is 358 g/mol. The molecule has 26 heavy (non-hydrogen) atoms. The van der Waals surface area contributed by atoms with Crippen LogP contribution >= 0.6 is 0 Å². The van der Waals surface area contributed by atoms with Gasteiger partial charge in [0.05, 0.1) is 12.1 Å². The van der Waals surface area contributed by atoms with Gasteiger partial charge in [-0.3, -0.25) is 14.4 Å². The van der Waals surface area contributed by atoms with E-state index in [1.807, 2.05) is 0 Å². The Hall–Kier alpha value is -3.55. The van der Waals surface area contributed by atoms with Crippen molar-refractivity contribution in [3.8, 4) is 0 Å². The smallest absolute Gasteiger partial charge is 0.338 e. The molecule has 0 aliphatic carbocycles. The third-order valence-corrected chi connectivity index (χ3v) is 3.19. The zero-order chi connectivity index (χ0) is 18.9. The minimum atomic E-state index is -0.728. The van der Waals surface area contributed by atoms with Crippen molar-refractivity contribution in [2.75, 3.05) is 18.5 Å². The Morgan fingerprint density at radius 3 is 2.23 bits per heavy atom. The standard InChI is InChI=1S/C18H15FN2O5/c19-14-5-7-15(8-6-14)21-16(23)9-20-17(24)11-26-18(25)13-3-1-12(10-22)2-4-13/h1-8,10H,9,11H2,(H,20,24)(H,21,23). The van der Waals surface area contributed by atoms with Gasteiger partial charge >= 0.3 is 5.97 Å². The van der Waals surface area contributed by atoms with Gasteiger partial charge in [0.1, 0.15) is 12.1 Å². The number of rotatable bonds is 7. The lowest BCUT2D eigenvalue weighted by atomic mass is 10.1. The maximum atomic E-state index is 12.8. The van der Waals surface area contributed by atoms with Gasteiger partial charge in [-0.25, -0.2) is 9.18 Å². The summed E-state index contributed by atoms with van der Waals surface area (Å²) in [6.07, 6.45) is 0.638. The van der Waals surface area contributed by atoms with Gasteiger partial charge in [-0.2, -0.15) is 0 Å². The van der Waals surface area contributed by atoms with Crippen molar-refractivity contribution < 1.29 is 28.3 Å². The third kappa shape index (κ3) is 5.82. The Balaban J connectivity index is 1.72. The maximum absolute atomic E-state index is 12.8. The monoisotopic (exact) mass is 358 g/mol. The van der Waals surface area contributed by atoms with E-state index >= 15 is 0 Å². The molecule has 0 aliphatic heterocycles. The van der Waals surface area contributed by atoms with Crippen molar-refractivity contribution in [3.63, 3.8) is 0 Å². The average Bonchev–Trinajstić information content (AvgIpc) is 2.66. The number of ether oxygens (including phenoxy) is 1. The van der Waals surface area contributed by atoms with Crippen LogP contribution in [0.2, 0.25) is 0 Å². The van der Waals surface area contributed by atoms with E-state index in [4.69, 9.17) is 4.74 Å². The molecule has 0 radical (unpaired) electrons. The number of carbonyl (C=O) groups excluding carboxylic acids is 4. The van der Waals surface area contributed by atoms with Crippen LogP contribution in [0.15, 0.2) is 48.5 Å². The highest BCUT2D eigenvalue weighted by Gasteiger charge is 2.11. The molecule has 0 fully saturated rings. The molecule has 0 saturated heterocycles. The van der Waals surface area contributed by atoms with Crippen LogP contribution in [0.3, 0.4) is 0 Å². The second-order valence-electron chi connectivity index (χ2n) is 5.15. The van der Waals surface area contributed by atoms with E-state index in [0.29, 0.717) is 17.5 Å². The Labute approximate surface area is 148 Å². The summed E-state index contributed by atoms with van der Waals surface area (Å²) in [5.74, 6) is -2.33. The van der Waals surface area contributed by atoms with Crippen LogP contribution in [-0.2, 0) is 14.3 Å².